The number of anilines is 2. The van der Waals surface area contributed by atoms with Gasteiger partial charge in [0, 0.05) is 31.6 Å². The van der Waals surface area contributed by atoms with E-state index in [4.69, 9.17) is 5.11 Å². The molecule has 2 aliphatic heterocycles. The summed E-state index contributed by atoms with van der Waals surface area (Å²) in [5.74, 6) is 0.966. The van der Waals surface area contributed by atoms with E-state index in [0.717, 1.165) is 12.8 Å². The molecule has 9 heteroatoms. The molecule has 2 N–H and O–H groups in total. The molecular formula is C19H24F2N4O3. The first kappa shape index (κ1) is 18.0. The van der Waals surface area contributed by atoms with Gasteiger partial charge >= 0.3 is 5.97 Å². The Bertz CT molecular complexity index is 807. The van der Waals surface area contributed by atoms with Gasteiger partial charge in [-0.2, -0.15) is 4.98 Å². The number of carboxylic acid groups (broad SMARTS) is 1. The normalized spacial score (nSPS) is 33.8. The van der Waals surface area contributed by atoms with E-state index >= 15 is 0 Å². The van der Waals surface area contributed by atoms with Crippen molar-refractivity contribution >= 4 is 17.7 Å². The van der Waals surface area contributed by atoms with Crippen molar-refractivity contribution in [3.8, 4) is 0 Å². The van der Waals surface area contributed by atoms with Crippen LogP contribution in [0.4, 0.5) is 20.5 Å². The van der Waals surface area contributed by atoms with Crippen LogP contribution < -0.4 is 9.80 Å². The van der Waals surface area contributed by atoms with Crippen molar-refractivity contribution in [1.82, 2.24) is 9.97 Å². The molecule has 2 saturated carbocycles. The minimum absolute atomic E-state index is 0.0826. The Morgan fingerprint density at radius 3 is 2.39 bits per heavy atom. The lowest BCUT2D eigenvalue weighted by atomic mass is 10.0. The number of β-amino-alcohol motifs (C(OH)–C–C–N with tert-alkyl or cyclic N) is 1. The number of hydrogen-bond donors (Lipinski definition) is 2. The summed E-state index contributed by atoms with van der Waals surface area (Å²) in [5.41, 5.74) is 0.391. The van der Waals surface area contributed by atoms with Crippen LogP contribution >= 0.6 is 0 Å². The number of halogens is 2. The summed E-state index contributed by atoms with van der Waals surface area (Å²) in [6.07, 6.45) is -1.25. The number of alkyl halides is 2. The van der Waals surface area contributed by atoms with Crippen LogP contribution in [0.1, 0.15) is 49.8 Å². The second-order valence-corrected chi connectivity index (χ2v) is 8.68. The highest BCUT2D eigenvalue weighted by atomic mass is 19.3. The molecule has 5 rings (SSSR count). The highest BCUT2D eigenvalue weighted by molar-refractivity contribution is 5.68. The molecule has 0 amide bonds. The Morgan fingerprint density at radius 2 is 1.89 bits per heavy atom. The number of hydrogen-bond acceptors (Lipinski definition) is 6. The Morgan fingerprint density at radius 1 is 1.21 bits per heavy atom. The van der Waals surface area contributed by atoms with Crippen LogP contribution in [0.5, 0.6) is 0 Å². The van der Waals surface area contributed by atoms with Crippen LogP contribution in [0.3, 0.4) is 0 Å². The molecule has 2 saturated heterocycles. The number of fused-ring (bicyclic) bond motifs is 1. The van der Waals surface area contributed by atoms with E-state index in [1.54, 1.807) is 4.90 Å². The largest absolute Gasteiger partial charge is 0.481 e. The Balaban J connectivity index is 1.46. The predicted octanol–water partition coefficient (Wildman–Crippen LogP) is 2.02. The summed E-state index contributed by atoms with van der Waals surface area (Å²) >= 11 is 0. The molecule has 28 heavy (non-hydrogen) atoms. The van der Waals surface area contributed by atoms with Crippen molar-refractivity contribution in [1.29, 1.82) is 0 Å². The minimum atomic E-state index is -2.67. The summed E-state index contributed by atoms with van der Waals surface area (Å²) in [6, 6.07) is -0.197. The van der Waals surface area contributed by atoms with Gasteiger partial charge in [-0.1, -0.05) is 0 Å². The molecule has 0 aromatic carbocycles. The van der Waals surface area contributed by atoms with Crippen LogP contribution in [0.2, 0.25) is 0 Å². The molecule has 0 spiro atoms. The smallest absolute Gasteiger partial charge is 0.303 e. The average Bonchev–Trinajstić information content (AvgIpc) is 3.55. The van der Waals surface area contributed by atoms with Crippen LogP contribution in [0, 0.1) is 17.8 Å². The number of rotatable bonds is 6. The molecule has 4 fully saturated rings. The third kappa shape index (κ3) is 2.82. The number of carboxylic acids is 1. The first-order chi connectivity index (χ1) is 13.3. The molecule has 0 bridgehead atoms. The minimum Gasteiger partial charge on any atom is -0.481 e. The number of aromatic nitrogens is 2. The Hall–Kier alpha value is -2.03. The molecule has 1 aromatic rings. The second kappa shape index (κ2) is 6.23. The van der Waals surface area contributed by atoms with Gasteiger partial charge in [0.2, 0.25) is 5.95 Å². The van der Waals surface area contributed by atoms with Crippen LogP contribution in [0.25, 0.3) is 0 Å². The van der Waals surface area contributed by atoms with Gasteiger partial charge in [0.1, 0.15) is 11.5 Å². The number of piperidine rings is 1. The zero-order valence-electron chi connectivity index (χ0n) is 15.6. The fraction of sp³-hybridized carbons (Fsp3) is 0.737. The first-order valence-corrected chi connectivity index (χ1v) is 9.96. The Kier molecular flexibility index (Phi) is 4.01. The third-order valence-corrected chi connectivity index (χ3v) is 6.91. The van der Waals surface area contributed by atoms with Gasteiger partial charge in [-0.3, -0.25) is 4.79 Å². The average molecular weight is 394 g/mol. The maximum Gasteiger partial charge on any atom is 0.303 e. The summed E-state index contributed by atoms with van der Waals surface area (Å²) in [5, 5.41) is 18.8. The van der Waals surface area contributed by atoms with Crippen molar-refractivity contribution in [2.45, 2.75) is 50.7 Å². The molecular weight excluding hydrogens is 370 g/mol. The summed E-state index contributed by atoms with van der Waals surface area (Å²) < 4.78 is 27.7. The van der Waals surface area contributed by atoms with E-state index < -0.39 is 18.5 Å². The Labute approximate surface area is 161 Å². The van der Waals surface area contributed by atoms with E-state index in [1.807, 2.05) is 6.92 Å². The highest BCUT2D eigenvalue weighted by Gasteiger charge is 2.57. The summed E-state index contributed by atoms with van der Waals surface area (Å²) in [7, 11) is 0. The number of carbonyl (C=O) groups is 1. The first-order valence-electron chi connectivity index (χ1n) is 9.96. The topological polar surface area (TPSA) is 89.8 Å². The maximum atomic E-state index is 13.9. The third-order valence-electron chi connectivity index (χ3n) is 6.91. The lowest BCUT2D eigenvalue weighted by Gasteiger charge is -2.43. The summed E-state index contributed by atoms with van der Waals surface area (Å²) in [4.78, 5) is 23.7. The molecule has 1 aromatic heterocycles. The van der Waals surface area contributed by atoms with Crippen molar-refractivity contribution < 1.29 is 23.8 Å². The van der Waals surface area contributed by atoms with Crippen molar-refractivity contribution in [3.63, 3.8) is 0 Å². The quantitative estimate of drug-likeness (QED) is 0.763. The van der Waals surface area contributed by atoms with Gasteiger partial charge in [0.25, 0.3) is 6.43 Å². The standard InChI is InChI=1S/C19H24F2N4O3/c1-8-13(26)7-25(8)19-22-16(17(20)21)15(9-2-3-9)18(23-19)24-5-11-10(4-14(27)28)12(11)6-24/h8-13,17,26H,2-7H2,1H3,(H,27,28)/t8-,10-,11-,12+,13+/m0/s1. The fourth-order valence-corrected chi connectivity index (χ4v) is 4.94. The maximum absolute atomic E-state index is 13.9. The number of aliphatic hydroxyl groups is 1. The molecule has 4 aliphatic rings. The van der Waals surface area contributed by atoms with Crippen LogP contribution in [-0.2, 0) is 4.79 Å². The molecule has 152 valence electrons. The van der Waals surface area contributed by atoms with E-state index in [1.165, 1.54) is 0 Å². The lowest BCUT2D eigenvalue weighted by Crippen LogP contribution is -2.59. The van der Waals surface area contributed by atoms with Crippen molar-refractivity contribution in [3.05, 3.63) is 11.3 Å². The number of aliphatic hydroxyl groups excluding tert-OH is 1. The van der Waals surface area contributed by atoms with Gasteiger partial charge in [0.05, 0.1) is 12.1 Å². The van der Waals surface area contributed by atoms with Crippen molar-refractivity contribution in [2.75, 3.05) is 29.4 Å². The molecule has 7 nitrogen and oxygen atoms in total. The molecule has 0 radical (unpaired) electrons. The van der Waals surface area contributed by atoms with E-state index in [-0.39, 0.29) is 35.9 Å². The van der Waals surface area contributed by atoms with E-state index in [2.05, 4.69) is 14.9 Å². The SMILES string of the molecule is C[C@H]1[C@H](O)CN1c1nc(C(F)F)c(C2CC2)c(N2C[C@@H]3[C@@H](CC(=O)O)[C@@H]3C2)n1. The molecule has 3 heterocycles. The van der Waals surface area contributed by atoms with Gasteiger partial charge < -0.3 is 20.0 Å². The summed E-state index contributed by atoms with van der Waals surface area (Å²) in [6.45, 7) is 3.51. The van der Waals surface area contributed by atoms with E-state index in [0.29, 0.717) is 42.9 Å². The van der Waals surface area contributed by atoms with Crippen molar-refractivity contribution in [2.24, 2.45) is 17.8 Å². The van der Waals surface area contributed by atoms with E-state index in [9.17, 15) is 18.7 Å². The zero-order chi connectivity index (χ0) is 19.7. The molecule has 0 unspecified atom stereocenters. The molecule has 5 atom stereocenters. The fourth-order valence-electron chi connectivity index (χ4n) is 4.94. The number of aliphatic carboxylic acids is 1. The van der Waals surface area contributed by atoms with Gasteiger partial charge in [-0.15, -0.1) is 0 Å². The van der Waals surface area contributed by atoms with Crippen LogP contribution in [0.15, 0.2) is 0 Å². The van der Waals surface area contributed by atoms with Gasteiger partial charge in [-0.25, -0.2) is 13.8 Å². The van der Waals surface area contributed by atoms with Gasteiger partial charge in [-0.05, 0) is 43.4 Å². The second-order valence-electron chi connectivity index (χ2n) is 8.68. The van der Waals surface area contributed by atoms with Crippen LogP contribution in [-0.4, -0.2) is 57.9 Å². The monoisotopic (exact) mass is 394 g/mol. The number of nitrogens with zero attached hydrogens (tertiary/aromatic N) is 4. The van der Waals surface area contributed by atoms with Gasteiger partial charge in [0.15, 0.2) is 0 Å². The molecule has 2 aliphatic carbocycles. The lowest BCUT2D eigenvalue weighted by molar-refractivity contribution is -0.137. The zero-order valence-corrected chi connectivity index (χ0v) is 15.6. The predicted molar refractivity (Wildman–Crippen MR) is 96.7 cm³/mol. The highest BCUT2D eigenvalue weighted by Crippen LogP contribution is 2.56.